The minimum atomic E-state index is -2.09. The third-order valence-corrected chi connectivity index (χ3v) is 9.39. The van der Waals surface area contributed by atoms with Crippen molar-refractivity contribution >= 4 is 25.4 Å². The van der Waals surface area contributed by atoms with E-state index in [4.69, 9.17) is 13.6 Å². The van der Waals surface area contributed by atoms with Crippen LogP contribution in [0.4, 0.5) is 0 Å². The number of aryl methyl sites for hydroxylation is 1. The second-order valence-electron chi connectivity index (χ2n) is 9.62. The lowest BCUT2D eigenvalue weighted by molar-refractivity contribution is -0.156. The van der Waals surface area contributed by atoms with Crippen LogP contribution in [-0.2, 0) is 14.0 Å². The molecule has 0 aliphatic rings. The Bertz CT molecular complexity index is 812. The first-order valence-electron chi connectivity index (χ1n) is 9.45. The molecule has 0 N–H and O–H groups in total. The summed E-state index contributed by atoms with van der Waals surface area (Å²) in [6.07, 6.45) is -0.210. The summed E-state index contributed by atoms with van der Waals surface area (Å²) in [5.74, 6) is 0.358. The molecular formula is C21H33NO4Si. The number of hydrogen-bond donors (Lipinski definition) is 0. The average molecular weight is 392 g/mol. The molecule has 1 heterocycles. The maximum atomic E-state index is 12.5. The first kappa shape index (κ1) is 21.6. The third kappa shape index (κ3) is 5.66. The van der Waals surface area contributed by atoms with Gasteiger partial charge >= 0.3 is 5.97 Å². The number of ether oxygens (including phenoxy) is 1. The summed E-state index contributed by atoms with van der Waals surface area (Å²) in [6.45, 7) is 18.4. The van der Waals surface area contributed by atoms with Gasteiger partial charge in [0.25, 0.3) is 0 Å². The number of aromatic nitrogens is 1. The zero-order valence-corrected chi connectivity index (χ0v) is 19.1. The molecular weight excluding hydrogens is 358 g/mol. The highest BCUT2D eigenvalue weighted by Crippen LogP contribution is 2.41. The number of carbonyl (C=O) groups is 1. The summed E-state index contributed by atoms with van der Waals surface area (Å²) in [4.78, 5) is 16.9. The van der Waals surface area contributed by atoms with Gasteiger partial charge in [-0.05, 0) is 56.6 Å². The number of hydrogen-bond acceptors (Lipinski definition) is 5. The van der Waals surface area contributed by atoms with Gasteiger partial charge in [0.05, 0.1) is 12.5 Å². The smallest absolute Gasteiger partial charge is 0.309 e. The molecule has 0 fully saturated rings. The minimum absolute atomic E-state index is 0.0338. The fourth-order valence-electron chi connectivity index (χ4n) is 2.55. The van der Waals surface area contributed by atoms with Gasteiger partial charge in [-0.3, -0.25) is 4.79 Å². The van der Waals surface area contributed by atoms with Crippen LogP contribution in [0, 0.1) is 6.92 Å². The van der Waals surface area contributed by atoms with Crippen molar-refractivity contribution in [3.8, 4) is 0 Å². The van der Waals surface area contributed by atoms with E-state index in [9.17, 15) is 4.79 Å². The van der Waals surface area contributed by atoms with Crippen LogP contribution in [0.5, 0.6) is 0 Å². The largest absolute Gasteiger partial charge is 0.460 e. The Hall–Kier alpha value is -1.66. The molecule has 1 aromatic heterocycles. The van der Waals surface area contributed by atoms with Gasteiger partial charge in [0.2, 0.25) is 0 Å². The third-order valence-electron chi connectivity index (χ3n) is 4.91. The Morgan fingerprint density at radius 2 is 1.81 bits per heavy atom. The molecule has 0 saturated carbocycles. The van der Waals surface area contributed by atoms with Crippen molar-refractivity contribution in [2.45, 2.75) is 84.7 Å². The van der Waals surface area contributed by atoms with Crippen molar-refractivity contribution in [2.24, 2.45) is 0 Å². The number of nitrogens with zero attached hydrogens (tertiary/aromatic N) is 1. The van der Waals surface area contributed by atoms with Crippen LogP contribution in [0.25, 0.3) is 11.1 Å². The van der Waals surface area contributed by atoms with E-state index in [0.717, 1.165) is 11.1 Å². The van der Waals surface area contributed by atoms with E-state index in [1.807, 2.05) is 45.9 Å². The van der Waals surface area contributed by atoms with Crippen molar-refractivity contribution in [1.29, 1.82) is 0 Å². The normalized spacial score (nSPS) is 14.4. The van der Waals surface area contributed by atoms with Crippen LogP contribution < -0.4 is 0 Å². The molecule has 0 saturated heterocycles. The molecule has 0 aliphatic heterocycles. The molecule has 0 unspecified atom stereocenters. The number of benzene rings is 1. The fraction of sp³-hybridized carbons (Fsp3) is 0.619. The monoisotopic (exact) mass is 391 g/mol. The maximum Gasteiger partial charge on any atom is 0.309 e. The molecule has 1 atom stereocenters. The zero-order valence-electron chi connectivity index (χ0n) is 18.1. The first-order chi connectivity index (χ1) is 12.2. The maximum absolute atomic E-state index is 12.5. The van der Waals surface area contributed by atoms with E-state index in [1.165, 1.54) is 0 Å². The van der Waals surface area contributed by atoms with Crippen LogP contribution in [0.2, 0.25) is 18.1 Å². The molecule has 2 rings (SSSR count). The van der Waals surface area contributed by atoms with Gasteiger partial charge < -0.3 is 13.6 Å². The number of fused-ring (bicyclic) bond motifs is 1. The van der Waals surface area contributed by atoms with Gasteiger partial charge in [0, 0.05) is 6.92 Å². The Balaban J connectivity index is 2.36. The summed E-state index contributed by atoms with van der Waals surface area (Å²) in [7, 11) is -2.09. The van der Waals surface area contributed by atoms with E-state index in [-0.39, 0.29) is 23.5 Å². The molecule has 6 heteroatoms. The molecule has 0 spiro atoms. The summed E-state index contributed by atoms with van der Waals surface area (Å²) in [5.41, 5.74) is 1.90. The molecule has 2 aromatic rings. The molecule has 0 bridgehead atoms. The van der Waals surface area contributed by atoms with Crippen molar-refractivity contribution < 1.29 is 18.4 Å². The predicted octanol–water partition coefficient (Wildman–Crippen LogP) is 5.93. The average Bonchev–Trinajstić information content (AvgIpc) is 2.82. The number of rotatable bonds is 5. The van der Waals surface area contributed by atoms with Crippen molar-refractivity contribution in [2.75, 3.05) is 0 Å². The Morgan fingerprint density at radius 3 is 2.37 bits per heavy atom. The molecule has 27 heavy (non-hydrogen) atoms. The first-order valence-corrected chi connectivity index (χ1v) is 12.4. The van der Waals surface area contributed by atoms with Crippen LogP contribution >= 0.6 is 0 Å². The van der Waals surface area contributed by atoms with Gasteiger partial charge in [-0.1, -0.05) is 26.8 Å². The van der Waals surface area contributed by atoms with E-state index in [1.54, 1.807) is 0 Å². The zero-order chi connectivity index (χ0) is 20.6. The van der Waals surface area contributed by atoms with Crippen molar-refractivity contribution in [3.05, 3.63) is 29.7 Å². The summed E-state index contributed by atoms with van der Waals surface area (Å²) in [6, 6.07) is 5.81. The molecule has 5 nitrogen and oxygen atoms in total. The quantitative estimate of drug-likeness (QED) is 0.467. The van der Waals surface area contributed by atoms with Gasteiger partial charge in [-0.2, -0.15) is 0 Å². The van der Waals surface area contributed by atoms with Gasteiger partial charge in [-0.15, -0.1) is 0 Å². The Labute approximate surface area is 163 Å². The number of esters is 1. The van der Waals surface area contributed by atoms with Crippen LogP contribution in [0.3, 0.4) is 0 Å². The van der Waals surface area contributed by atoms with Crippen molar-refractivity contribution in [1.82, 2.24) is 4.98 Å². The highest BCUT2D eigenvalue weighted by Gasteiger charge is 2.40. The SMILES string of the molecule is Cc1nc2ccc([C@H](CC(=O)OC(C)(C)C)O[Si](C)(C)C(C)(C)C)cc2o1. The van der Waals surface area contributed by atoms with Gasteiger partial charge in [0.1, 0.15) is 11.1 Å². The van der Waals surface area contributed by atoms with E-state index < -0.39 is 13.9 Å². The topological polar surface area (TPSA) is 61.6 Å². The Morgan fingerprint density at radius 1 is 1.19 bits per heavy atom. The summed E-state index contributed by atoms with van der Waals surface area (Å²) in [5, 5.41) is 0.0338. The fourth-order valence-corrected chi connectivity index (χ4v) is 3.84. The second kappa shape index (κ2) is 7.39. The van der Waals surface area contributed by atoms with E-state index in [0.29, 0.717) is 11.5 Å². The highest BCUT2D eigenvalue weighted by molar-refractivity contribution is 6.74. The molecule has 1 aromatic carbocycles. The molecule has 150 valence electrons. The summed E-state index contributed by atoms with van der Waals surface area (Å²) >= 11 is 0. The Kier molecular flexibility index (Phi) is 5.93. The lowest BCUT2D eigenvalue weighted by Crippen LogP contribution is -2.42. The predicted molar refractivity (Wildman–Crippen MR) is 110 cm³/mol. The molecule has 0 aliphatic carbocycles. The minimum Gasteiger partial charge on any atom is -0.460 e. The van der Waals surface area contributed by atoms with Crippen molar-refractivity contribution in [3.63, 3.8) is 0 Å². The number of oxazole rings is 1. The lowest BCUT2D eigenvalue weighted by Gasteiger charge is -2.39. The van der Waals surface area contributed by atoms with Gasteiger partial charge in [0.15, 0.2) is 19.8 Å². The highest BCUT2D eigenvalue weighted by atomic mass is 28.4. The second-order valence-corrected chi connectivity index (χ2v) is 14.4. The number of carbonyl (C=O) groups excluding carboxylic acids is 1. The van der Waals surface area contributed by atoms with Crippen LogP contribution in [0.1, 0.15) is 65.5 Å². The lowest BCUT2D eigenvalue weighted by atomic mass is 10.1. The van der Waals surface area contributed by atoms with Crippen LogP contribution in [-0.4, -0.2) is 24.9 Å². The van der Waals surface area contributed by atoms with E-state index in [2.05, 4.69) is 38.8 Å². The standard InChI is InChI=1S/C21H33NO4Si/c1-14-22-16-11-10-15(12-18(16)24-14)17(13-19(23)25-20(2,3)4)26-27(8,9)21(5,6)7/h10-12,17H,13H2,1-9H3/t17-/m0/s1. The molecule has 0 amide bonds. The van der Waals surface area contributed by atoms with E-state index >= 15 is 0 Å². The molecule has 0 radical (unpaired) electrons. The van der Waals surface area contributed by atoms with Crippen LogP contribution in [0.15, 0.2) is 22.6 Å². The summed E-state index contributed by atoms with van der Waals surface area (Å²) < 4.78 is 17.8. The van der Waals surface area contributed by atoms with Gasteiger partial charge in [-0.25, -0.2) is 4.98 Å².